The fraction of sp³-hybridized carbons (Fsp3) is 0.600. The average molecular weight is 344 g/mol. The number of halogens is 1. The number of rotatable bonds is 4. The summed E-state index contributed by atoms with van der Waals surface area (Å²) < 4.78 is 45.0. The minimum Gasteiger partial charge on any atom is -0.387 e. The standard InChI is InChI=1S/C15H21FN2O4S/c16-13-2-1-3-14(10-13)23(20,21)18-5-4-15(19,12-18)11-17-6-8-22-9-7-17/h1-3,10,19H,4-9,11-12H2. The van der Waals surface area contributed by atoms with Crippen LogP contribution in [-0.4, -0.2) is 74.3 Å². The lowest BCUT2D eigenvalue weighted by molar-refractivity contribution is -0.0239. The van der Waals surface area contributed by atoms with Gasteiger partial charge < -0.3 is 9.84 Å². The molecule has 0 spiro atoms. The van der Waals surface area contributed by atoms with Crippen molar-refractivity contribution in [3.63, 3.8) is 0 Å². The second-order valence-corrected chi connectivity index (χ2v) is 8.10. The van der Waals surface area contributed by atoms with Gasteiger partial charge in [-0.1, -0.05) is 6.07 Å². The van der Waals surface area contributed by atoms with E-state index in [0.717, 1.165) is 19.2 Å². The van der Waals surface area contributed by atoms with Crippen LogP contribution in [0.1, 0.15) is 6.42 Å². The van der Waals surface area contributed by atoms with Gasteiger partial charge in [0.1, 0.15) is 5.82 Å². The molecule has 0 bridgehead atoms. The van der Waals surface area contributed by atoms with E-state index in [9.17, 15) is 17.9 Å². The van der Waals surface area contributed by atoms with E-state index in [4.69, 9.17) is 4.74 Å². The van der Waals surface area contributed by atoms with Gasteiger partial charge in [-0.25, -0.2) is 12.8 Å². The molecule has 0 radical (unpaired) electrons. The van der Waals surface area contributed by atoms with Crippen molar-refractivity contribution in [1.29, 1.82) is 0 Å². The predicted molar refractivity (Wildman–Crippen MR) is 82.0 cm³/mol. The van der Waals surface area contributed by atoms with E-state index in [1.54, 1.807) is 0 Å². The first kappa shape index (κ1) is 16.8. The zero-order valence-electron chi connectivity index (χ0n) is 12.8. The number of nitrogens with zero attached hydrogens (tertiary/aromatic N) is 2. The molecule has 1 aromatic carbocycles. The minimum atomic E-state index is -3.78. The number of β-amino-alcohol motifs (C(OH)–C–C–N with tert-alkyl or cyclic N) is 1. The molecule has 2 aliphatic heterocycles. The van der Waals surface area contributed by atoms with E-state index in [-0.39, 0.29) is 18.0 Å². The first-order valence-corrected chi connectivity index (χ1v) is 9.11. The van der Waals surface area contributed by atoms with Crippen LogP contribution in [0.2, 0.25) is 0 Å². The molecule has 2 heterocycles. The van der Waals surface area contributed by atoms with Gasteiger partial charge in [-0.15, -0.1) is 0 Å². The predicted octanol–water partition coefficient (Wildman–Crippen LogP) is 0.283. The second-order valence-electron chi connectivity index (χ2n) is 6.16. The van der Waals surface area contributed by atoms with Gasteiger partial charge in [-0.2, -0.15) is 4.31 Å². The van der Waals surface area contributed by atoms with E-state index < -0.39 is 21.4 Å². The molecule has 0 amide bonds. The van der Waals surface area contributed by atoms with Gasteiger partial charge >= 0.3 is 0 Å². The third kappa shape index (κ3) is 3.72. The van der Waals surface area contributed by atoms with Crippen molar-refractivity contribution in [3.05, 3.63) is 30.1 Å². The third-order valence-corrected chi connectivity index (χ3v) is 6.19. The topological polar surface area (TPSA) is 70.1 Å². The zero-order valence-corrected chi connectivity index (χ0v) is 13.6. The Hall–Kier alpha value is -1.06. The van der Waals surface area contributed by atoms with E-state index in [1.807, 2.05) is 0 Å². The molecule has 23 heavy (non-hydrogen) atoms. The van der Waals surface area contributed by atoms with Crippen LogP contribution in [0.25, 0.3) is 0 Å². The highest BCUT2D eigenvalue weighted by molar-refractivity contribution is 7.89. The molecule has 1 N–H and O–H groups in total. The second kappa shape index (κ2) is 6.45. The van der Waals surface area contributed by atoms with Crippen molar-refractivity contribution >= 4 is 10.0 Å². The number of hydrogen-bond acceptors (Lipinski definition) is 5. The molecule has 6 nitrogen and oxygen atoms in total. The van der Waals surface area contributed by atoms with Crippen molar-refractivity contribution in [3.8, 4) is 0 Å². The van der Waals surface area contributed by atoms with Gasteiger partial charge in [0.25, 0.3) is 0 Å². The molecule has 1 unspecified atom stereocenters. The fourth-order valence-corrected chi connectivity index (χ4v) is 4.66. The Labute approximate surface area is 135 Å². The molecule has 0 saturated carbocycles. The van der Waals surface area contributed by atoms with Crippen molar-refractivity contribution in [2.45, 2.75) is 16.9 Å². The van der Waals surface area contributed by atoms with Gasteiger partial charge in [-0.3, -0.25) is 4.90 Å². The Kier molecular flexibility index (Phi) is 4.70. The monoisotopic (exact) mass is 344 g/mol. The summed E-state index contributed by atoms with van der Waals surface area (Å²) in [4.78, 5) is 2.01. The summed E-state index contributed by atoms with van der Waals surface area (Å²) in [6.45, 7) is 3.41. The van der Waals surface area contributed by atoms with Crippen molar-refractivity contribution < 1.29 is 22.7 Å². The van der Waals surface area contributed by atoms with Crippen LogP contribution in [-0.2, 0) is 14.8 Å². The van der Waals surface area contributed by atoms with E-state index >= 15 is 0 Å². The molecule has 1 atom stereocenters. The Morgan fingerprint density at radius 2 is 2.00 bits per heavy atom. The van der Waals surface area contributed by atoms with Crippen molar-refractivity contribution in [2.24, 2.45) is 0 Å². The van der Waals surface area contributed by atoms with Gasteiger partial charge in [0.05, 0.1) is 23.7 Å². The maximum absolute atomic E-state index is 13.3. The summed E-state index contributed by atoms with van der Waals surface area (Å²) in [7, 11) is -3.78. The first-order chi connectivity index (χ1) is 10.9. The highest BCUT2D eigenvalue weighted by Gasteiger charge is 2.42. The van der Waals surface area contributed by atoms with Gasteiger partial charge in [0, 0.05) is 32.7 Å². The third-order valence-electron chi connectivity index (χ3n) is 4.35. The lowest BCUT2D eigenvalue weighted by atomic mass is 10.0. The number of morpholine rings is 1. The summed E-state index contributed by atoms with van der Waals surface area (Å²) in [5.74, 6) is -0.589. The maximum atomic E-state index is 13.3. The molecular formula is C15H21FN2O4S. The Balaban J connectivity index is 1.70. The number of aliphatic hydroxyl groups is 1. The Bertz CT molecular complexity index is 663. The molecular weight excluding hydrogens is 323 g/mol. The summed E-state index contributed by atoms with van der Waals surface area (Å²) >= 11 is 0. The van der Waals surface area contributed by atoms with Crippen molar-refractivity contribution in [1.82, 2.24) is 9.21 Å². The highest BCUT2D eigenvalue weighted by Crippen LogP contribution is 2.28. The molecule has 2 aliphatic rings. The smallest absolute Gasteiger partial charge is 0.243 e. The Morgan fingerprint density at radius 3 is 2.70 bits per heavy atom. The Morgan fingerprint density at radius 1 is 1.26 bits per heavy atom. The van der Waals surface area contributed by atoms with Gasteiger partial charge in [0.15, 0.2) is 0 Å². The lowest BCUT2D eigenvalue weighted by Gasteiger charge is -2.33. The highest BCUT2D eigenvalue weighted by atomic mass is 32.2. The van der Waals surface area contributed by atoms with E-state index in [1.165, 1.54) is 22.5 Å². The number of hydrogen-bond donors (Lipinski definition) is 1. The first-order valence-electron chi connectivity index (χ1n) is 7.67. The van der Waals surface area contributed by atoms with Crippen LogP contribution in [0.4, 0.5) is 4.39 Å². The molecule has 1 aromatic rings. The minimum absolute atomic E-state index is 0.0310. The van der Waals surface area contributed by atoms with E-state index in [0.29, 0.717) is 26.2 Å². The summed E-state index contributed by atoms with van der Waals surface area (Å²) in [6.07, 6.45) is 0.374. The number of sulfonamides is 1. The SMILES string of the molecule is O=S(=O)(c1cccc(F)c1)N1CCC(O)(CN2CCOCC2)C1. The quantitative estimate of drug-likeness (QED) is 0.850. The van der Waals surface area contributed by atoms with Crippen LogP contribution in [0.3, 0.4) is 0 Å². The van der Waals surface area contributed by atoms with Gasteiger partial charge in [-0.05, 0) is 24.6 Å². The van der Waals surface area contributed by atoms with E-state index in [2.05, 4.69) is 4.90 Å². The average Bonchev–Trinajstić information content (AvgIpc) is 2.91. The van der Waals surface area contributed by atoms with Crippen LogP contribution < -0.4 is 0 Å². The molecule has 0 aromatic heterocycles. The van der Waals surface area contributed by atoms with Crippen LogP contribution >= 0.6 is 0 Å². The normalized spacial score (nSPS) is 27.4. The van der Waals surface area contributed by atoms with Crippen molar-refractivity contribution in [2.75, 3.05) is 45.9 Å². The lowest BCUT2D eigenvalue weighted by Crippen LogP contribution is -2.49. The van der Waals surface area contributed by atoms with Crippen LogP contribution in [0, 0.1) is 5.82 Å². The number of benzene rings is 1. The molecule has 128 valence electrons. The molecule has 2 saturated heterocycles. The molecule has 3 rings (SSSR count). The zero-order chi connectivity index (χ0) is 16.5. The largest absolute Gasteiger partial charge is 0.387 e. The molecule has 8 heteroatoms. The summed E-state index contributed by atoms with van der Waals surface area (Å²) in [5, 5.41) is 10.7. The van der Waals surface area contributed by atoms with Crippen LogP contribution in [0.5, 0.6) is 0 Å². The maximum Gasteiger partial charge on any atom is 0.243 e. The number of ether oxygens (including phenoxy) is 1. The summed E-state index contributed by atoms with van der Waals surface area (Å²) in [5.41, 5.74) is -1.07. The van der Waals surface area contributed by atoms with Crippen LogP contribution in [0.15, 0.2) is 29.2 Å². The van der Waals surface area contributed by atoms with Gasteiger partial charge in [0.2, 0.25) is 10.0 Å². The molecule has 0 aliphatic carbocycles. The molecule has 2 fully saturated rings. The summed E-state index contributed by atoms with van der Waals surface area (Å²) in [6, 6.07) is 4.96. The fourth-order valence-electron chi connectivity index (χ4n) is 3.11.